The Morgan fingerprint density at radius 2 is 1.81 bits per heavy atom. The zero-order valence-corrected chi connectivity index (χ0v) is 20.0. The molecule has 1 heterocycles. The second-order valence-corrected chi connectivity index (χ2v) is 7.69. The molecule has 0 spiro atoms. The number of hydrogen-bond acceptors (Lipinski definition) is 10. The third kappa shape index (κ3) is 5.38. The summed E-state index contributed by atoms with van der Waals surface area (Å²) in [4.78, 5) is 37.7. The van der Waals surface area contributed by atoms with Gasteiger partial charge in [0.1, 0.15) is 17.3 Å². The first-order valence-corrected chi connectivity index (χ1v) is 10.7. The van der Waals surface area contributed by atoms with Gasteiger partial charge < -0.3 is 14.6 Å². The molecule has 13 heteroatoms. The smallest absolute Gasteiger partial charge is 0.301 e. The molecule has 0 amide bonds. The van der Waals surface area contributed by atoms with Crippen LogP contribution in [0.2, 0.25) is 0 Å². The lowest BCUT2D eigenvalue weighted by molar-refractivity contribution is -0.393. The van der Waals surface area contributed by atoms with Crippen LogP contribution in [0.5, 0.6) is 17.4 Å². The molecule has 0 atom stereocenters. The molecule has 0 bridgehead atoms. The fourth-order valence-corrected chi connectivity index (χ4v) is 3.62. The molecule has 0 fully saturated rings. The second kappa shape index (κ2) is 11.0. The molecule has 0 saturated carbocycles. The van der Waals surface area contributed by atoms with E-state index < -0.39 is 32.7 Å². The molecule has 0 aliphatic heterocycles. The molecule has 0 radical (unpaired) electrons. The van der Waals surface area contributed by atoms with Crippen molar-refractivity contribution in [1.82, 2.24) is 4.57 Å². The normalized spacial score (nSPS) is 10.8. The number of methoxy groups -OCH3 is 2. The second-order valence-electron chi connectivity index (χ2n) is 7.69. The SMILES string of the molecule is COc1ccc(CCn2c(O)c(C=Nc3ccc([N+](=O)[O-])cc3[N+](=O)[O-])c(C)c(C#N)c2=O)cc1OC. The number of nitro benzene ring substituents is 2. The Hall–Kier alpha value is -5.25. The van der Waals surface area contributed by atoms with Crippen LogP contribution in [0.3, 0.4) is 0 Å². The van der Waals surface area contributed by atoms with Gasteiger partial charge in [0.25, 0.3) is 11.2 Å². The van der Waals surface area contributed by atoms with Gasteiger partial charge in [0.15, 0.2) is 11.5 Å². The van der Waals surface area contributed by atoms with Gasteiger partial charge in [-0.2, -0.15) is 5.26 Å². The van der Waals surface area contributed by atoms with E-state index in [2.05, 4.69) is 4.99 Å². The third-order valence-corrected chi connectivity index (χ3v) is 5.62. The number of hydrogen-bond donors (Lipinski definition) is 1. The maximum atomic E-state index is 12.9. The lowest BCUT2D eigenvalue weighted by Gasteiger charge is -2.15. The average molecular weight is 507 g/mol. The van der Waals surface area contributed by atoms with Crippen LogP contribution in [0.4, 0.5) is 17.1 Å². The van der Waals surface area contributed by atoms with Gasteiger partial charge in [-0.25, -0.2) is 4.99 Å². The van der Waals surface area contributed by atoms with Crippen LogP contribution in [0.25, 0.3) is 0 Å². The Bertz CT molecular complexity index is 1520. The molecule has 0 aliphatic carbocycles. The highest BCUT2D eigenvalue weighted by molar-refractivity contribution is 5.88. The van der Waals surface area contributed by atoms with Crippen molar-refractivity contribution in [2.24, 2.45) is 4.99 Å². The molecule has 0 aliphatic rings. The van der Waals surface area contributed by atoms with Gasteiger partial charge in [0.05, 0.1) is 35.7 Å². The third-order valence-electron chi connectivity index (χ3n) is 5.62. The molecule has 3 rings (SSSR count). The first kappa shape index (κ1) is 26.4. The number of nitriles is 1. The van der Waals surface area contributed by atoms with Gasteiger partial charge in [-0.1, -0.05) is 6.07 Å². The number of aryl methyl sites for hydroxylation is 1. The number of ether oxygens (including phenoxy) is 2. The molecule has 190 valence electrons. The molecular weight excluding hydrogens is 486 g/mol. The zero-order chi connectivity index (χ0) is 27.3. The number of aromatic nitrogens is 1. The number of non-ortho nitro benzene ring substituents is 1. The summed E-state index contributed by atoms with van der Waals surface area (Å²) in [7, 11) is 2.98. The highest BCUT2D eigenvalue weighted by atomic mass is 16.6. The van der Waals surface area contributed by atoms with E-state index in [1.54, 1.807) is 18.2 Å². The Morgan fingerprint density at radius 3 is 2.41 bits per heavy atom. The highest BCUT2D eigenvalue weighted by Gasteiger charge is 2.21. The Balaban J connectivity index is 2.04. The summed E-state index contributed by atoms with van der Waals surface area (Å²) in [5, 5.41) is 42.8. The van der Waals surface area contributed by atoms with Crippen molar-refractivity contribution in [2.45, 2.75) is 19.9 Å². The van der Waals surface area contributed by atoms with E-state index in [4.69, 9.17) is 9.47 Å². The van der Waals surface area contributed by atoms with Gasteiger partial charge in [-0.05, 0) is 42.7 Å². The van der Waals surface area contributed by atoms with Crippen molar-refractivity contribution in [3.8, 4) is 23.4 Å². The Kier molecular flexibility index (Phi) is 7.83. The number of nitro groups is 2. The van der Waals surface area contributed by atoms with E-state index in [9.17, 15) is 35.4 Å². The molecule has 0 saturated heterocycles. The van der Waals surface area contributed by atoms with Crippen LogP contribution >= 0.6 is 0 Å². The van der Waals surface area contributed by atoms with E-state index in [-0.39, 0.29) is 35.3 Å². The number of benzene rings is 2. The van der Waals surface area contributed by atoms with E-state index >= 15 is 0 Å². The van der Waals surface area contributed by atoms with E-state index in [1.165, 1.54) is 21.1 Å². The molecule has 2 aromatic carbocycles. The first-order chi connectivity index (χ1) is 17.6. The predicted octanol–water partition coefficient (Wildman–Crippen LogP) is 3.56. The Morgan fingerprint density at radius 1 is 1.11 bits per heavy atom. The van der Waals surface area contributed by atoms with Crippen molar-refractivity contribution in [3.05, 3.63) is 89.2 Å². The fraction of sp³-hybridized carbons (Fsp3) is 0.208. The minimum absolute atomic E-state index is 0.00360. The zero-order valence-electron chi connectivity index (χ0n) is 20.0. The number of aromatic hydroxyl groups is 1. The summed E-state index contributed by atoms with van der Waals surface area (Å²) in [5.41, 5.74) is -1.38. The van der Waals surface area contributed by atoms with Crippen LogP contribution in [0, 0.1) is 38.5 Å². The van der Waals surface area contributed by atoms with Gasteiger partial charge in [0.2, 0.25) is 5.88 Å². The van der Waals surface area contributed by atoms with E-state index in [1.807, 2.05) is 6.07 Å². The Labute approximate surface area is 209 Å². The predicted molar refractivity (Wildman–Crippen MR) is 132 cm³/mol. The summed E-state index contributed by atoms with van der Waals surface area (Å²) >= 11 is 0. The molecule has 37 heavy (non-hydrogen) atoms. The lowest BCUT2D eigenvalue weighted by Crippen LogP contribution is -2.26. The molecule has 0 unspecified atom stereocenters. The summed E-state index contributed by atoms with van der Waals surface area (Å²) in [5.74, 6) is 0.512. The van der Waals surface area contributed by atoms with E-state index in [0.29, 0.717) is 11.5 Å². The molecule has 13 nitrogen and oxygen atoms in total. The van der Waals surface area contributed by atoms with Gasteiger partial charge >= 0.3 is 5.69 Å². The van der Waals surface area contributed by atoms with Gasteiger partial charge in [0, 0.05) is 18.8 Å². The minimum Gasteiger partial charge on any atom is -0.494 e. The number of pyridine rings is 1. The van der Waals surface area contributed by atoms with Crippen LogP contribution in [0.15, 0.2) is 46.2 Å². The standard InChI is InChI=1S/C24H21N5O8/c1-14-17(12-25)23(30)27(9-8-15-4-7-21(36-2)22(10-15)37-3)24(31)18(14)13-26-19-6-5-16(28(32)33)11-20(19)29(34)35/h4-7,10-11,13,31H,8-9H2,1-3H3. The summed E-state index contributed by atoms with van der Waals surface area (Å²) < 4.78 is 11.5. The summed E-state index contributed by atoms with van der Waals surface area (Å²) in [6.45, 7) is 1.43. The number of nitrogens with zero attached hydrogens (tertiary/aromatic N) is 5. The van der Waals surface area contributed by atoms with Gasteiger partial charge in [-0.3, -0.25) is 29.6 Å². The average Bonchev–Trinajstić information content (AvgIpc) is 2.88. The number of aliphatic imine (C=N–C) groups is 1. The molecule has 1 N–H and O–H groups in total. The van der Waals surface area contributed by atoms with Crippen molar-refractivity contribution in [1.29, 1.82) is 5.26 Å². The van der Waals surface area contributed by atoms with Crippen LogP contribution in [0.1, 0.15) is 22.3 Å². The monoisotopic (exact) mass is 507 g/mol. The highest BCUT2D eigenvalue weighted by Crippen LogP contribution is 2.32. The molecule has 3 aromatic rings. The topological polar surface area (TPSA) is 183 Å². The van der Waals surface area contributed by atoms with Crippen LogP contribution < -0.4 is 15.0 Å². The minimum atomic E-state index is -0.822. The van der Waals surface area contributed by atoms with Crippen LogP contribution in [-0.2, 0) is 13.0 Å². The van der Waals surface area contributed by atoms with Crippen LogP contribution in [-0.4, -0.2) is 40.0 Å². The largest absolute Gasteiger partial charge is 0.494 e. The molecule has 1 aromatic heterocycles. The maximum absolute atomic E-state index is 12.9. The quantitative estimate of drug-likeness (QED) is 0.257. The lowest BCUT2D eigenvalue weighted by atomic mass is 10.1. The molecular formula is C24H21N5O8. The number of rotatable bonds is 9. The maximum Gasteiger partial charge on any atom is 0.301 e. The van der Waals surface area contributed by atoms with Crippen molar-refractivity contribution in [2.75, 3.05) is 14.2 Å². The van der Waals surface area contributed by atoms with E-state index in [0.717, 1.165) is 34.5 Å². The van der Waals surface area contributed by atoms with Gasteiger partial charge in [-0.15, -0.1) is 0 Å². The fourth-order valence-electron chi connectivity index (χ4n) is 3.62. The summed E-state index contributed by atoms with van der Waals surface area (Å²) in [6, 6.07) is 9.92. The van der Waals surface area contributed by atoms with Crippen molar-refractivity contribution >= 4 is 23.3 Å². The summed E-state index contributed by atoms with van der Waals surface area (Å²) in [6.07, 6.45) is 1.36. The first-order valence-electron chi connectivity index (χ1n) is 10.7. The van der Waals surface area contributed by atoms with Crippen molar-refractivity contribution in [3.63, 3.8) is 0 Å². The van der Waals surface area contributed by atoms with Crippen molar-refractivity contribution < 1.29 is 24.4 Å².